The number of amides is 1. The molecule has 1 aliphatic heterocycles. The van der Waals surface area contributed by atoms with Gasteiger partial charge in [-0.2, -0.15) is 0 Å². The van der Waals surface area contributed by atoms with Gasteiger partial charge in [0.2, 0.25) is 12.7 Å². The van der Waals surface area contributed by atoms with Crippen molar-refractivity contribution < 1.29 is 24.2 Å². The highest BCUT2D eigenvalue weighted by atomic mass is 32.1. The Morgan fingerprint density at radius 2 is 2.14 bits per heavy atom. The fraction of sp³-hybridized carbons (Fsp3) is 0.214. The van der Waals surface area contributed by atoms with Gasteiger partial charge < -0.3 is 19.9 Å². The molecule has 0 fully saturated rings. The van der Waals surface area contributed by atoms with Crippen molar-refractivity contribution in [1.82, 2.24) is 10.3 Å². The van der Waals surface area contributed by atoms with Crippen molar-refractivity contribution in [2.75, 3.05) is 13.3 Å². The van der Waals surface area contributed by atoms with Crippen molar-refractivity contribution in [2.24, 2.45) is 0 Å². The van der Waals surface area contributed by atoms with E-state index in [-0.39, 0.29) is 19.1 Å². The molecule has 1 aliphatic rings. The molecule has 1 aromatic heterocycles. The molecule has 8 heteroatoms. The van der Waals surface area contributed by atoms with Crippen molar-refractivity contribution in [2.45, 2.75) is 6.42 Å². The van der Waals surface area contributed by atoms with E-state index in [2.05, 4.69) is 10.3 Å². The number of hydrogen-bond donors (Lipinski definition) is 2. The first-order valence-corrected chi connectivity index (χ1v) is 7.33. The van der Waals surface area contributed by atoms with Gasteiger partial charge in [0.25, 0.3) is 0 Å². The summed E-state index contributed by atoms with van der Waals surface area (Å²) in [6.45, 7) is -0.177. The quantitative estimate of drug-likeness (QED) is 0.861. The second-order valence-corrected chi connectivity index (χ2v) is 5.42. The smallest absolute Gasteiger partial charge is 0.322 e. The van der Waals surface area contributed by atoms with E-state index in [1.807, 2.05) is 18.2 Å². The van der Waals surface area contributed by atoms with Gasteiger partial charge in [-0.15, -0.1) is 11.3 Å². The van der Waals surface area contributed by atoms with Crippen LogP contribution < -0.4 is 14.8 Å². The van der Waals surface area contributed by atoms with Crippen LogP contribution >= 0.6 is 11.3 Å². The van der Waals surface area contributed by atoms with E-state index in [4.69, 9.17) is 14.6 Å². The van der Waals surface area contributed by atoms with Gasteiger partial charge in [-0.3, -0.25) is 9.59 Å². The number of thiazole rings is 1. The number of aromatic nitrogens is 1. The van der Waals surface area contributed by atoms with Crippen molar-refractivity contribution in [3.63, 3.8) is 0 Å². The molecule has 0 spiro atoms. The number of rotatable bonds is 5. The minimum Gasteiger partial charge on any atom is -0.480 e. The van der Waals surface area contributed by atoms with Crippen molar-refractivity contribution in [1.29, 1.82) is 0 Å². The molecule has 7 nitrogen and oxygen atoms in total. The molecular formula is C14H12N2O5S. The number of carbonyl (C=O) groups is 2. The summed E-state index contributed by atoms with van der Waals surface area (Å²) in [5.74, 6) is -0.0698. The number of fused-ring (bicyclic) bond motifs is 1. The second-order valence-electron chi connectivity index (χ2n) is 4.56. The average molecular weight is 320 g/mol. The zero-order chi connectivity index (χ0) is 15.5. The molecule has 0 bridgehead atoms. The minimum absolute atomic E-state index is 0.0499. The first kappa shape index (κ1) is 14.3. The molecule has 0 saturated heterocycles. The number of nitrogens with zero attached hydrogens (tertiary/aromatic N) is 1. The summed E-state index contributed by atoms with van der Waals surface area (Å²) in [5, 5.41) is 13.4. The number of aliphatic carboxylic acids is 1. The summed E-state index contributed by atoms with van der Waals surface area (Å²) in [7, 11) is 0. The molecule has 0 radical (unpaired) electrons. The van der Waals surface area contributed by atoms with E-state index in [1.54, 1.807) is 5.38 Å². The van der Waals surface area contributed by atoms with Gasteiger partial charge in [0.05, 0.1) is 12.1 Å². The molecule has 0 aliphatic carbocycles. The number of ether oxygens (including phenoxy) is 2. The molecule has 0 saturated carbocycles. The largest absolute Gasteiger partial charge is 0.480 e. The maximum Gasteiger partial charge on any atom is 0.322 e. The number of carbonyl (C=O) groups excluding carboxylic acids is 1. The van der Waals surface area contributed by atoms with Crippen LogP contribution in [0.3, 0.4) is 0 Å². The van der Waals surface area contributed by atoms with Gasteiger partial charge in [-0.1, -0.05) is 0 Å². The van der Waals surface area contributed by atoms with Crippen LogP contribution in [0.4, 0.5) is 0 Å². The zero-order valence-corrected chi connectivity index (χ0v) is 12.2. The highest BCUT2D eigenvalue weighted by molar-refractivity contribution is 7.13. The van der Waals surface area contributed by atoms with Crippen molar-refractivity contribution in [3.05, 3.63) is 29.3 Å². The van der Waals surface area contributed by atoms with E-state index in [0.717, 1.165) is 10.6 Å². The molecular weight excluding hydrogens is 308 g/mol. The average Bonchev–Trinajstić information content (AvgIpc) is 3.12. The van der Waals surface area contributed by atoms with E-state index >= 15 is 0 Å². The Morgan fingerprint density at radius 1 is 1.32 bits per heavy atom. The van der Waals surface area contributed by atoms with Crippen LogP contribution in [-0.4, -0.2) is 35.3 Å². The Labute approximate surface area is 129 Å². The third kappa shape index (κ3) is 3.17. The minimum atomic E-state index is -1.08. The first-order chi connectivity index (χ1) is 10.6. The van der Waals surface area contributed by atoms with E-state index in [1.165, 1.54) is 11.3 Å². The lowest BCUT2D eigenvalue weighted by Gasteiger charge is -2.00. The lowest BCUT2D eigenvalue weighted by molar-refractivity contribution is -0.137. The molecule has 1 amide bonds. The maximum atomic E-state index is 11.6. The van der Waals surface area contributed by atoms with Crippen LogP contribution in [0.25, 0.3) is 10.6 Å². The summed E-state index contributed by atoms with van der Waals surface area (Å²) in [4.78, 5) is 26.3. The van der Waals surface area contributed by atoms with E-state index in [0.29, 0.717) is 17.2 Å². The first-order valence-electron chi connectivity index (χ1n) is 6.45. The standard InChI is InChI=1S/C14H12N2O5S/c17-12(15-5-13(18)19)4-9-6-22-14(16-9)8-1-2-10-11(3-8)21-7-20-10/h1-3,6H,4-5,7H2,(H,15,17)(H,18,19). The van der Waals surface area contributed by atoms with Crippen LogP contribution in [-0.2, 0) is 16.0 Å². The molecule has 0 unspecified atom stereocenters. The van der Waals surface area contributed by atoms with Crippen molar-refractivity contribution >= 4 is 23.2 Å². The zero-order valence-electron chi connectivity index (χ0n) is 11.4. The fourth-order valence-electron chi connectivity index (χ4n) is 1.95. The molecule has 2 heterocycles. The Balaban J connectivity index is 1.68. The van der Waals surface area contributed by atoms with Crippen LogP contribution in [0.5, 0.6) is 11.5 Å². The Morgan fingerprint density at radius 3 is 2.95 bits per heavy atom. The Kier molecular flexibility index (Phi) is 3.92. The predicted molar refractivity (Wildman–Crippen MR) is 78.0 cm³/mol. The lowest BCUT2D eigenvalue weighted by atomic mass is 10.2. The predicted octanol–water partition coefficient (Wildman–Crippen LogP) is 1.28. The third-order valence-electron chi connectivity index (χ3n) is 2.95. The molecule has 3 rings (SSSR count). The Hall–Kier alpha value is -2.61. The molecule has 2 N–H and O–H groups in total. The van der Waals surface area contributed by atoms with Gasteiger partial charge in [0.1, 0.15) is 11.6 Å². The summed E-state index contributed by atoms with van der Waals surface area (Å²) in [6.07, 6.45) is 0.0499. The van der Waals surface area contributed by atoms with Gasteiger partial charge >= 0.3 is 5.97 Å². The molecule has 2 aromatic rings. The summed E-state index contributed by atoms with van der Waals surface area (Å²) >= 11 is 1.41. The number of carboxylic acid groups (broad SMARTS) is 1. The summed E-state index contributed by atoms with van der Waals surface area (Å²) in [5.41, 5.74) is 1.48. The number of nitrogens with one attached hydrogen (secondary N) is 1. The van der Waals surface area contributed by atoms with Crippen molar-refractivity contribution in [3.8, 4) is 22.1 Å². The number of carboxylic acids is 1. The molecule has 0 atom stereocenters. The topological polar surface area (TPSA) is 97.8 Å². The summed E-state index contributed by atoms with van der Waals surface area (Å²) < 4.78 is 10.6. The van der Waals surface area contributed by atoms with Crippen LogP contribution in [0, 0.1) is 0 Å². The summed E-state index contributed by atoms with van der Waals surface area (Å²) in [6, 6.07) is 5.54. The van der Waals surface area contributed by atoms with E-state index < -0.39 is 12.5 Å². The monoisotopic (exact) mass is 320 g/mol. The maximum absolute atomic E-state index is 11.6. The SMILES string of the molecule is O=C(O)CNC(=O)Cc1csc(-c2ccc3c(c2)OCO3)n1. The highest BCUT2D eigenvalue weighted by Crippen LogP contribution is 2.36. The molecule has 114 valence electrons. The third-order valence-corrected chi connectivity index (χ3v) is 3.89. The number of benzene rings is 1. The fourth-order valence-corrected chi connectivity index (χ4v) is 2.77. The van der Waals surface area contributed by atoms with Gasteiger partial charge in [-0.25, -0.2) is 4.98 Å². The van der Waals surface area contributed by atoms with Crippen LogP contribution in [0.2, 0.25) is 0 Å². The van der Waals surface area contributed by atoms with Crippen LogP contribution in [0.1, 0.15) is 5.69 Å². The lowest BCUT2D eigenvalue weighted by Crippen LogP contribution is -2.30. The van der Waals surface area contributed by atoms with Crippen LogP contribution in [0.15, 0.2) is 23.6 Å². The second kappa shape index (κ2) is 6.02. The molecule has 22 heavy (non-hydrogen) atoms. The Bertz CT molecular complexity index is 728. The van der Waals surface area contributed by atoms with Gasteiger partial charge in [0.15, 0.2) is 11.5 Å². The highest BCUT2D eigenvalue weighted by Gasteiger charge is 2.16. The normalized spacial score (nSPS) is 12.2. The van der Waals surface area contributed by atoms with Gasteiger partial charge in [0, 0.05) is 10.9 Å². The van der Waals surface area contributed by atoms with E-state index in [9.17, 15) is 9.59 Å². The molecule has 1 aromatic carbocycles. The van der Waals surface area contributed by atoms with Gasteiger partial charge in [-0.05, 0) is 18.2 Å². The number of hydrogen-bond acceptors (Lipinski definition) is 6.